The van der Waals surface area contributed by atoms with Crippen LogP contribution >= 0.6 is 0 Å². The lowest BCUT2D eigenvalue weighted by Crippen LogP contribution is -2.33. The number of carbonyl (C=O) groups excluding carboxylic acids is 3. The molecular formula is C25H24N2O3. The SMILES string of the molecule is CCc1ccccc1NC(=O)c1ccc(N2C(=O)[C@@H]3[C@H](C2=O)[C@H]2C=C(C)[C@H]3C2)cc1. The van der Waals surface area contributed by atoms with Crippen LogP contribution in [0.5, 0.6) is 0 Å². The molecule has 4 atom stereocenters. The minimum absolute atomic E-state index is 0.0981. The van der Waals surface area contributed by atoms with E-state index in [0.717, 1.165) is 24.1 Å². The first-order valence-electron chi connectivity index (χ1n) is 10.5. The molecular weight excluding hydrogens is 376 g/mol. The molecule has 2 aromatic carbocycles. The van der Waals surface area contributed by atoms with Crippen molar-refractivity contribution in [2.45, 2.75) is 26.7 Å². The van der Waals surface area contributed by atoms with Crippen LogP contribution in [-0.4, -0.2) is 17.7 Å². The third-order valence-corrected chi connectivity index (χ3v) is 6.91. The van der Waals surface area contributed by atoms with Gasteiger partial charge in [-0.1, -0.05) is 36.8 Å². The van der Waals surface area contributed by atoms with Gasteiger partial charge in [-0.15, -0.1) is 0 Å². The van der Waals surface area contributed by atoms with Crippen LogP contribution < -0.4 is 10.2 Å². The molecule has 3 aliphatic rings. The summed E-state index contributed by atoms with van der Waals surface area (Å²) < 4.78 is 0. The van der Waals surface area contributed by atoms with Crippen LogP contribution in [0.2, 0.25) is 0 Å². The first kappa shape index (κ1) is 18.8. The van der Waals surface area contributed by atoms with E-state index in [1.165, 1.54) is 10.5 Å². The molecule has 0 spiro atoms. The Kier molecular flexibility index (Phi) is 4.35. The summed E-state index contributed by atoms with van der Waals surface area (Å²) in [5.41, 5.74) is 4.14. The normalized spacial score (nSPS) is 26.7. The molecule has 3 amide bonds. The molecule has 1 saturated heterocycles. The van der Waals surface area contributed by atoms with Gasteiger partial charge in [0.2, 0.25) is 11.8 Å². The van der Waals surface area contributed by atoms with Gasteiger partial charge in [-0.05, 0) is 67.5 Å². The Morgan fingerprint density at radius 1 is 1.03 bits per heavy atom. The topological polar surface area (TPSA) is 66.5 Å². The van der Waals surface area contributed by atoms with Crippen LogP contribution in [0.3, 0.4) is 0 Å². The van der Waals surface area contributed by atoms with Crippen LogP contribution in [0.4, 0.5) is 11.4 Å². The first-order valence-corrected chi connectivity index (χ1v) is 10.5. The van der Waals surface area contributed by atoms with Crippen LogP contribution in [0.25, 0.3) is 0 Å². The highest BCUT2D eigenvalue weighted by Crippen LogP contribution is 2.55. The zero-order chi connectivity index (χ0) is 21.0. The molecule has 0 radical (unpaired) electrons. The van der Waals surface area contributed by atoms with Crippen molar-refractivity contribution in [2.75, 3.05) is 10.2 Å². The number of hydrogen-bond donors (Lipinski definition) is 1. The Balaban J connectivity index is 1.35. The van der Waals surface area contributed by atoms with Crippen LogP contribution in [0.15, 0.2) is 60.2 Å². The second-order valence-electron chi connectivity index (χ2n) is 8.49. The molecule has 0 unspecified atom stereocenters. The smallest absolute Gasteiger partial charge is 0.255 e. The van der Waals surface area contributed by atoms with Gasteiger partial charge < -0.3 is 5.32 Å². The molecule has 1 N–H and O–H groups in total. The van der Waals surface area contributed by atoms with Crippen LogP contribution in [0.1, 0.15) is 36.2 Å². The fourth-order valence-electron chi connectivity index (χ4n) is 5.44. The summed E-state index contributed by atoms with van der Waals surface area (Å²) in [6.45, 7) is 4.10. The van der Waals surface area contributed by atoms with E-state index in [2.05, 4.69) is 18.3 Å². The second-order valence-corrected chi connectivity index (χ2v) is 8.49. The predicted molar refractivity (Wildman–Crippen MR) is 115 cm³/mol. The largest absolute Gasteiger partial charge is 0.322 e. The van der Waals surface area contributed by atoms with Crippen LogP contribution in [0, 0.1) is 23.7 Å². The lowest BCUT2D eigenvalue weighted by Gasteiger charge is -2.19. The van der Waals surface area contributed by atoms with Gasteiger partial charge in [0.15, 0.2) is 0 Å². The molecule has 2 bridgehead atoms. The predicted octanol–water partition coefficient (Wildman–Crippen LogP) is 4.20. The fourth-order valence-corrected chi connectivity index (χ4v) is 5.44. The maximum Gasteiger partial charge on any atom is 0.255 e. The summed E-state index contributed by atoms with van der Waals surface area (Å²) >= 11 is 0. The summed E-state index contributed by atoms with van der Waals surface area (Å²) in [6, 6.07) is 14.5. The number of benzene rings is 2. The van der Waals surface area contributed by atoms with Crippen molar-refractivity contribution in [3.63, 3.8) is 0 Å². The lowest BCUT2D eigenvalue weighted by molar-refractivity contribution is -0.123. The average Bonchev–Trinajstić information content (AvgIpc) is 3.39. The van der Waals surface area contributed by atoms with Crippen molar-refractivity contribution >= 4 is 29.1 Å². The monoisotopic (exact) mass is 400 g/mol. The van der Waals surface area contributed by atoms with Crippen LogP contribution in [-0.2, 0) is 16.0 Å². The molecule has 152 valence electrons. The van der Waals surface area contributed by atoms with Gasteiger partial charge in [0, 0.05) is 11.3 Å². The molecule has 5 heteroatoms. The lowest BCUT2D eigenvalue weighted by atomic mass is 9.82. The van der Waals surface area contributed by atoms with Gasteiger partial charge >= 0.3 is 0 Å². The molecule has 0 aromatic heterocycles. The number of rotatable bonds is 4. The molecule has 2 fully saturated rings. The number of carbonyl (C=O) groups is 3. The average molecular weight is 400 g/mol. The highest BCUT2D eigenvalue weighted by Gasteiger charge is 2.60. The molecule has 30 heavy (non-hydrogen) atoms. The minimum Gasteiger partial charge on any atom is -0.322 e. The number of amides is 3. The van der Waals surface area contributed by atoms with E-state index in [-0.39, 0.29) is 41.4 Å². The number of anilines is 2. The number of fused-ring (bicyclic) bond motifs is 5. The summed E-state index contributed by atoms with van der Waals surface area (Å²) in [5, 5.41) is 2.95. The zero-order valence-corrected chi connectivity index (χ0v) is 17.1. The zero-order valence-electron chi connectivity index (χ0n) is 17.1. The summed E-state index contributed by atoms with van der Waals surface area (Å²) in [6.07, 6.45) is 3.92. The van der Waals surface area contributed by atoms with Crippen molar-refractivity contribution in [1.82, 2.24) is 0 Å². The Hall–Kier alpha value is -3.21. The first-order chi connectivity index (χ1) is 14.5. The van der Waals surface area contributed by atoms with Crippen molar-refractivity contribution in [3.05, 3.63) is 71.3 Å². The molecule has 1 saturated carbocycles. The third-order valence-electron chi connectivity index (χ3n) is 6.91. The molecule has 1 aliphatic heterocycles. The highest BCUT2D eigenvalue weighted by atomic mass is 16.2. The number of allylic oxidation sites excluding steroid dienone is 2. The van der Waals surface area contributed by atoms with Crippen molar-refractivity contribution in [3.8, 4) is 0 Å². The van der Waals surface area contributed by atoms with E-state index in [4.69, 9.17) is 0 Å². The van der Waals surface area contributed by atoms with Gasteiger partial charge in [0.25, 0.3) is 5.91 Å². The summed E-state index contributed by atoms with van der Waals surface area (Å²) in [7, 11) is 0. The molecule has 2 aromatic rings. The number of para-hydroxylation sites is 1. The van der Waals surface area contributed by atoms with Gasteiger partial charge in [0.1, 0.15) is 0 Å². The van der Waals surface area contributed by atoms with E-state index in [1.54, 1.807) is 24.3 Å². The van der Waals surface area contributed by atoms with Gasteiger partial charge in [-0.25, -0.2) is 0 Å². The van der Waals surface area contributed by atoms with Gasteiger partial charge in [-0.2, -0.15) is 0 Å². The summed E-state index contributed by atoms with van der Waals surface area (Å²) in [5.74, 6) is -0.471. The maximum absolute atomic E-state index is 13.1. The Morgan fingerprint density at radius 2 is 1.73 bits per heavy atom. The molecule has 5 rings (SSSR count). The standard InChI is InChI=1S/C25H24N2O3/c1-3-15-6-4-5-7-20(15)26-23(28)16-8-10-18(11-9-16)27-24(29)21-17-12-14(2)19(13-17)22(21)25(27)30/h4-12,17,19,21-22H,3,13H2,1-2H3,(H,26,28)/t17-,19+,21+,22-/m0/s1. The third kappa shape index (κ3) is 2.72. The molecule has 5 nitrogen and oxygen atoms in total. The van der Waals surface area contributed by atoms with E-state index >= 15 is 0 Å². The van der Waals surface area contributed by atoms with E-state index < -0.39 is 0 Å². The number of nitrogens with one attached hydrogen (secondary N) is 1. The van der Waals surface area contributed by atoms with E-state index in [1.807, 2.05) is 31.2 Å². The maximum atomic E-state index is 13.1. The number of imide groups is 1. The van der Waals surface area contributed by atoms with Gasteiger partial charge in [0.05, 0.1) is 17.5 Å². The molecule has 1 heterocycles. The van der Waals surface area contributed by atoms with Crippen molar-refractivity contribution in [2.24, 2.45) is 23.7 Å². The molecule has 2 aliphatic carbocycles. The minimum atomic E-state index is -0.222. The number of hydrogen-bond acceptors (Lipinski definition) is 3. The van der Waals surface area contributed by atoms with E-state index in [0.29, 0.717) is 11.3 Å². The second kappa shape index (κ2) is 6.94. The quantitative estimate of drug-likeness (QED) is 0.618. The number of aryl methyl sites for hydroxylation is 1. The van der Waals surface area contributed by atoms with Crippen molar-refractivity contribution < 1.29 is 14.4 Å². The Morgan fingerprint density at radius 3 is 2.47 bits per heavy atom. The highest BCUT2D eigenvalue weighted by molar-refractivity contribution is 6.23. The van der Waals surface area contributed by atoms with E-state index in [9.17, 15) is 14.4 Å². The summed E-state index contributed by atoms with van der Waals surface area (Å²) in [4.78, 5) is 40.1. The number of nitrogens with zero attached hydrogens (tertiary/aromatic N) is 1. The van der Waals surface area contributed by atoms with Crippen molar-refractivity contribution in [1.29, 1.82) is 0 Å². The van der Waals surface area contributed by atoms with Gasteiger partial charge in [-0.3, -0.25) is 19.3 Å². The Labute approximate surface area is 175 Å². The Bertz CT molecular complexity index is 1090. The fraction of sp³-hybridized carbons (Fsp3) is 0.320.